The fourth-order valence-corrected chi connectivity index (χ4v) is 6.24. The number of ether oxygens (including phenoxy) is 1. The number of hydrogen-bond donors (Lipinski definition) is 0. The lowest BCUT2D eigenvalue weighted by Gasteiger charge is -2.17. The molecule has 0 rings (SSSR count). The summed E-state index contributed by atoms with van der Waals surface area (Å²) < 4.78 is 5.53. The first-order valence-electron chi connectivity index (χ1n) is 21.0. The molecule has 0 fully saturated rings. The number of carbonyl (C=O) groups is 1. The molecule has 0 unspecified atom stereocenters. The Bertz CT molecular complexity index is 717. The minimum absolute atomic E-state index is 0.00727. The summed E-state index contributed by atoms with van der Waals surface area (Å²) >= 11 is 0. The number of esters is 1. The van der Waals surface area contributed by atoms with Crippen LogP contribution in [0, 0.1) is 5.92 Å². The van der Waals surface area contributed by atoms with Gasteiger partial charge in [-0.2, -0.15) is 0 Å². The highest BCUT2D eigenvalue weighted by molar-refractivity contribution is 5.69. The van der Waals surface area contributed by atoms with Gasteiger partial charge in [-0.05, 0) is 97.1 Å². The Morgan fingerprint density at radius 2 is 0.896 bits per heavy atom. The average molecular weight is 670 g/mol. The van der Waals surface area contributed by atoms with E-state index in [1.165, 1.54) is 154 Å². The van der Waals surface area contributed by atoms with E-state index in [1.54, 1.807) is 0 Å². The quantitative estimate of drug-likeness (QED) is 0.0374. The summed E-state index contributed by atoms with van der Waals surface area (Å²) in [5, 5.41) is 0. The third-order valence-electron chi connectivity index (χ3n) is 9.40. The van der Waals surface area contributed by atoms with Crippen LogP contribution in [0.1, 0.15) is 200 Å². The van der Waals surface area contributed by atoms with Crippen molar-refractivity contribution < 1.29 is 9.53 Å². The van der Waals surface area contributed by atoms with Gasteiger partial charge in [0.2, 0.25) is 0 Å². The SMILES string of the molecule is CCCCC/C=C\C/C=C\CCCCCCCCC(CCCCCCCC/C=C\C/C=C\CCCCC)CCC(=O)OCCCN(C)C. The van der Waals surface area contributed by atoms with E-state index in [1.807, 2.05) is 0 Å². The van der Waals surface area contributed by atoms with Crippen LogP contribution in [0.25, 0.3) is 0 Å². The van der Waals surface area contributed by atoms with Crippen LogP contribution in [0.3, 0.4) is 0 Å². The average Bonchev–Trinajstić information content (AvgIpc) is 3.08. The molecule has 3 nitrogen and oxygen atoms in total. The summed E-state index contributed by atoms with van der Waals surface area (Å²) in [5.74, 6) is 0.684. The maximum Gasteiger partial charge on any atom is 0.305 e. The van der Waals surface area contributed by atoms with Gasteiger partial charge in [0.25, 0.3) is 0 Å². The minimum Gasteiger partial charge on any atom is -0.466 e. The number of rotatable bonds is 37. The molecule has 3 heteroatoms. The van der Waals surface area contributed by atoms with Crippen molar-refractivity contribution in [3.8, 4) is 0 Å². The van der Waals surface area contributed by atoms with Crippen LogP contribution in [-0.2, 0) is 9.53 Å². The Morgan fingerprint density at radius 1 is 0.500 bits per heavy atom. The first-order chi connectivity index (χ1) is 23.6. The van der Waals surface area contributed by atoms with Crippen molar-refractivity contribution in [2.75, 3.05) is 27.2 Å². The summed E-state index contributed by atoms with van der Waals surface area (Å²) in [4.78, 5) is 14.5. The van der Waals surface area contributed by atoms with Gasteiger partial charge >= 0.3 is 5.97 Å². The molecule has 0 aromatic heterocycles. The second kappa shape index (κ2) is 39.8. The van der Waals surface area contributed by atoms with Crippen molar-refractivity contribution in [2.24, 2.45) is 5.92 Å². The fraction of sp³-hybridized carbons (Fsp3) is 0.800. The van der Waals surface area contributed by atoms with Crippen LogP contribution in [-0.4, -0.2) is 38.1 Å². The van der Waals surface area contributed by atoms with Gasteiger partial charge in [0, 0.05) is 13.0 Å². The van der Waals surface area contributed by atoms with E-state index in [2.05, 4.69) is 81.5 Å². The van der Waals surface area contributed by atoms with Crippen LogP contribution < -0.4 is 0 Å². The van der Waals surface area contributed by atoms with Crippen LogP contribution in [0.4, 0.5) is 0 Å². The molecule has 0 N–H and O–H groups in total. The molecule has 0 aromatic rings. The Balaban J connectivity index is 4.09. The van der Waals surface area contributed by atoms with Crippen LogP contribution in [0.5, 0.6) is 0 Å². The smallest absolute Gasteiger partial charge is 0.305 e. The van der Waals surface area contributed by atoms with E-state index in [0.717, 1.165) is 32.2 Å². The van der Waals surface area contributed by atoms with E-state index in [0.29, 0.717) is 18.9 Å². The molecular weight excluding hydrogens is 587 g/mol. The second-order valence-corrected chi connectivity index (χ2v) is 14.5. The van der Waals surface area contributed by atoms with Crippen molar-refractivity contribution in [2.45, 2.75) is 200 Å². The zero-order chi connectivity index (χ0) is 35.0. The van der Waals surface area contributed by atoms with Gasteiger partial charge in [-0.25, -0.2) is 0 Å². The Morgan fingerprint density at radius 3 is 1.31 bits per heavy atom. The molecular formula is C45H83NO2. The maximum atomic E-state index is 12.4. The lowest BCUT2D eigenvalue weighted by Crippen LogP contribution is -2.16. The number of nitrogens with zero attached hydrogens (tertiary/aromatic N) is 1. The predicted molar refractivity (Wildman–Crippen MR) is 215 cm³/mol. The summed E-state index contributed by atoms with van der Waals surface area (Å²) in [6, 6.07) is 0. The highest BCUT2D eigenvalue weighted by atomic mass is 16.5. The zero-order valence-electron chi connectivity index (χ0n) is 32.9. The summed E-state index contributed by atoms with van der Waals surface area (Å²) in [5.41, 5.74) is 0. The number of allylic oxidation sites excluding steroid dienone is 8. The summed E-state index contributed by atoms with van der Waals surface area (Å²) in [6.45, 7) is 6.05. The van der Waals surface area contributed by atoms with E-state index < -0.39 is 0 Å². The third kappa shape index (κ3) is 38.8. The van der Waals surface area contributed by atoms with E-state index in [9.17, 15) is 4.79 Å². The normalized spacial score (nSPS) is 12.4. The largest absolute Gasteiger partial charge is 0.466 e. The van der Waals surface area contributed by atoms with E-state index >= 15 is 0 Å². The van der Waals surface area contributed by atoms with Gasteiger partial charge in [0.05, 0.1) is 6.61 Å². The first-order valence-corrected chi connectivity index (χ1v) is 21.0. The Kier molecular flexibility index (Phi) is 38.5. The van der Waals surface area contributed by atoms with Gasteiger partial charge in [-0.3, -0.25) is 4.79 Å². The molecule has 0 amide bonds. The van der Waals surface area contributed by atoms with E-state index in [4.69, 9.17) is 4.74 Å². The maximum absolute atomic E-state index is 12.4. The third-order valence-corrected chi connectivity index (χ3v) is 9.40. The monoisotopic (exact) mass is 670 g/mol. The molecule has 0 bridgehead atoms. The van der Waals surface area contributed by atoms with Crippen molar-refractivity contribution in [3.63, 3.8) is 0 Å². The Hall–Kier alpha value is -1.61. The molecule has 0 atom stereocenters. The topological polar surface area (TPSA) is 29.5 Å². The highest BCUT2D eigenvalue weighted by Gasteiger charge is 2.12. The molecule has 0 heterocycles. The summed E-state index contributed by atoms with van der Waals surface area (Å²) in [7, 11) is 4.13. The molecule has 0 aliphatic carbocycles. The highest BCUT2D eigenvalue weighted by Crippen LogP contribution is 2.24. The number of unbranched alkanes of at least 4 members (excludes halogenated alkanes) is 18. The van der Waals surface area contributed by atoms with Gasteiger partial charge in [0.1, 0.15) is 0 Å². The lowest BCUT2D eigenvalue weighted by atomic mass is 9.90. The molecule has 0 aromatic carbocycles. The van der Waals surface area contributed by atoms with Gasteiger partial charge in [-0.15, -0.1) is 0 Å². The van der Waals surface area contributed by atoms with Crippen molar-refractivity contribution in [3.05, 3.63) is 48.6 Å². The van der Waals surface area contributed by atoms with Crippen molar-refractivity contribution in [1.82, 2.24) is 4.90 Å². The predicted octanol–water partition coefficient (Wildman–Crippen LogP) is 14.3. The van der Waals surface area contributed by atoms with Gasteiger partial charge in [0.15, 0.2) is 0 Å². The van der Waals surface area contributed by atoms with Crippen LogP contribution >= 0.6 is 0 Å². The van der Waals surface area contributed by atoms with E-state index in [-0.39, 0.29) is 5.97 Å². The van der Waals surface area contributed by atoms with Crippen molar-refractivity contribution in [1.29, 1.82) is 0 Å². The molecule has 280 valence electrons. The molecule has 0 spiro atoms. The molecule has 48 heavy (non-hydrogen) atoms. The minimum atomic E-state index is 0.00727. The molecule has 0 saturated heterocycles. The molecule has 0 aliphatic heterocycles. The van der Waals surface area contributed by atoms with Gasteiger partial charge in [-0.1, -0.05) is 165 Å². The Labute approximate surface area is 301 Å². The van der Waals surface area contributed by atoms with Crippen LogP contribution in [0.15, 0.2) is 48.6 Å². The fourth-order valence-electron chi connectivity index (χ4n) is 6.24. The lowest BCUT2D eigenvalue weighted by molar-refractivity contribution is -0.144. The first kappa shape index (κ1) is 46.4. The zero-order valence-corrected chi connectivity index (χ0v) is 32.9. The standard InChI is InChI=1S/C45H83NO2/c1-5-7-9-11-13-15-17-19-21-23-25-27-29-31-33-35-38-44(40-41-45(47)48-43-37-42-46(3)4)39-36-34-32-30-28-26-24-22-20-18-16-14-12-10-8-6-2/h13-16,19-22,44H,5-12,17-18,23-43H2,1-4H3/b15-13-,16-14-,21-19-,22-20-. The number of hydrogen-bond acceptors (Lipinski definition) is 3. The molecule has 0 radical (unpaired) electrons. The number of carbonyl (C=O) groups excluding carboxylic acids is 1. The molecule has 0 saturated carbocycles. The summed E-state index contributed by atoms with van der Waals surface area (Å²) in [6.07, 6.45) is 55.1. The molecule has 0 aliphatic rings. The second-order valence-electron chi connectivity index (χ2n) is 14.5. The van der Waals surface area contributed by atoms with Crippen LogP contribution in [0.2, 0.25) is 0 Å². The van der Waals surface area contributed by atoms with Crippen molar-refractivity contribution >= 4 is 5.97 Å². The van der Waals surface area contributed by atoms with Gasteiger partial charge < -0.3 is 9.64 Å².